The van der Waals surface area contributed by atoms with E-state index in [2.05, 4.69) is 31.1 Å². The molecule has 0 aliphatic heterocycles. The topological polar surface area (TPSA) is 50.9 Å². The van der Waals surface area contributed by atoms with Crippen LogP contribution in [-0.2, 0) is 0 Å². The molecule has 16 heavy (non-hydrogen) atoms. The van der Waals surface area contributed by atoms with Gasteiger partial charge in [0.2, 0.25) is 0 Å². The predicted octanol–water partition coefficient (Wildman–Crippen LogP) is 2.56. The molecule has 0 aliphatic carbocycles. The zero-order valence-electron chi connectivity index (χ0n) is 10.0. The lowest BCUT2D eigenvalue weighted by atomic mass is 10.0. The van der Waals surface area contributed by atoms with Gasteiger partial charge in [-0.25, -0.2) is 4.98 Å². The second-order valence-corrected chi connectivity index (χ2v) is 4.55. The summed E-state index contributed by atoms with van der Waals surface area (Å²) < 4.78 is 0. The highest BCUT2D eigenvalue weighted by Gasteiger charge is 2.10. The first kappa shape index (κ1) is 12.9. The maximum atomic E-state index is 5.58. The van der Waals surface area contributed by atoms with Crippen LogP contribution in [0.15, 0.2) is 18.3 Å². The maximum Gasteiger partial charge on any atom is 0.126 e. The molecule has 1 rings (SSSR count). The van der Waals surface area contributed by atoms with E-state index in [1.807, 2.05) is 12.1 Å². The highest BCUT2D eigenvalue weighted by molar-refractivity contribution is 7.80. The summed E-state index contributed by atoms with van der Waals surface area (Å²) in [6, 6.07) is 4.10. The number of nitrogens with zero attached hydrogens (tertiary/aromatic N) is 1. The fourth-order valence-corrected chi connectivity index (χ4v) is 1.52. The summed E-state index contributed by atoms with van der Waals surface area (Å²) in [7, 11) is 0. The van der Waals surface area contributed by atoms with E-state index in [1.54, 1.807) is 6.20 Å². The van der Waals surface area contributed by atoms with Gasteiger partial charge in [-0.1, -0.05) is 32.5 Å². The maximum absolute atomic E-state index is 5.58. The zero-order valence-corrected chi connectivity index (χ0v) is 10.8. The van der Waals surface area contributed by atoms with Crippen LogP contribution < -0.4 is 11.1 Å². The van der Waals surface area contributed by atoms with Gasteiger partial charge in [-0.15, -0.1) is 0 Å². The first-order valence-corrected chi connectivity index (χ1v) is 5.97. The molecule has 2 unspecified atom stereocenters. The first-order valence-electron chi connectivity index (χ1n) is 5.57. The normalized spacial score (nSPS) is 14.2. The van der Waals surface area contributed by atoms with Gasteiger partial charge < -0.3 is 11.1 Å². The van der Waals surface area contributed by atoms with Gasteiger partial charge in [-0.3, -0.25) is 0 Å². The number of hydrogen-bond acceptors (Lipinski definition) is 3. The second kappa shape index (κ2) is 5.80. The van der Waals surface area contributed by atoms with E-state index in [9.17, 15) is 0 Å². The zero-order chi connectivity index (χ0) is 12.1. The molecule has 2 atom stereocenters. The Bertz CT molecular complexity index is 365. The lowest BCUT2D eigenvalue weighted by Crippen LogP contribution is -2.24. The van der Waals surface area contributed by atoms with Crippen LogP contribution in [0.3, 0.4) is 0 Å². The van der Waals surface area contributed by atoms with Crippen molar-refractivity contribution in [2.24, 2.45) is 11.7 Å². The molecule has 0 spiro atoms. The molecule has 0 amide bonds. The van der Waals surface area contributed by atoms with E-state index in [-0.39, 0.29) is 0 Å². The third-order valence-electron chi connectivity index (χ3n) is 2.92. The van der Waals surface area contributed by atoms with Crippen LogP contribution >= 0.6 is 12.2 Å². The molecule has 88 valence electrons. The molecule has 1 aromatic rings. The number of nitrogens with one attached hydrogen (secondary N) is 1. The van der Waals surface area contributed by atoms with Gasteiger partial charge >= 0.3 is 0 Å². The van der Waals surface area contributed by atoms with E-state index in [4.69, 9.17) is 18.0 Å². The Morgan fingerprint density at radius 1 is 1.56 bits per heavy atom. The van der Waals surface area contributed by atoms with E-state index in [0.29, 0.717) is 16.9 Å². The fraction of sp³-hybridized carbons (Fsp3) is 0.500. The Hall–Kier alpha value is -1.16. The predicted molar refractivity (Wildman–Crippen MR) is 72.7 cm³/mol. The van der Waals surface area contributed by atoms with Crippen LogP contribution in [0.25, 0.3) is 0 Å². The van der Waals surface area contributed by atoms with Crippen molar-refractivity contribution in [2.75, 3.05) is 5.32 Å². The molecule has 3 nitrogen and oxygen atoms in total. The van der Waals surface area contributed by atoms with Crippen LogP contribution in [-0.4, -0.2) is 16.0 Å². The lowest BCUT2D eigenvalue weighted by molar-refractivity contribution is 0.493. The second-order valence-electron chi connectivity index (χ2n) is 4.11. The highest BCUT2D eigenvalue weighted by Crippen LogP contribution is 2.14. The summed E-state index contributed by atoms with van der Waals surface area (Å²) >= 11 is 4.93. The summed E-state index contributed by atoms with van der Waals surface area (Å²) in [4.78, 5) is 4.66. The SMILES string of the molecule is CCC(C)C(C)Nc1cc(C(N)=S)ccn1. The smallest absolute Gasteiger partial charge is 0.126 e. The van der Waals surface area contributed by atoms with Crippen molar-refractivity contribution in [3.63, 3.8) is 0 Å². The molecule has 1 heterocycles. The van der Waals surface area contributed by atoms with Crippen molar-refractivity contribution in [3.05, 3.63) is 23.9 Å². The third kappa shape index (κ3) is 3.45. The highest BCUT2D eigenvalue weighted by atomic mass is 32.1. The Morgan fingerprint density at radius 3 is 2.81 bits per heavy atom. The minimum absolute atomic E-state index is 0.388. The molecule has 0 fully saturated rings. The van der Waals surface area contributed by atoms with E-state index in [1.165, 1.54) is 0 Å². The van der Waals surface area contributed by atoms with E-state index in [0.717, 1.165) is 17.8 Å². The quantitative estimate of drug-likeness (QED) is 0.773. The molecule has 1 aromatic heterocycles. The summed E-state index contributed by atoms with van der Waals surface area (Å²) in [5.74, 6) is 1.44. The van der Waals surface area contributed by atoms with Crippen LogP contribution in [0.2, 0.25) is 0 Å². The largest absolute Gasteiger partial charge is 0.389 e. The van der Waals surface area contributed by atoms with Gasteiger partial charge in [0.15, 0.2) is 0 Å². The number of hydrogen-bond donors (Lipinski definition) is 2. The summed E-state index contributed by atoms with van der Waals surface area (Å²) in [6.07, 6.45) is 2.86. The summed E-state index contributed by atoms with van der Waals surface area (Å²) in [5.41, 5.74) is 6.43. The number of thiocarbonyl (C=S) groups is 1. The third-order valence-corrected chi connectivity index (χ3v) is 3.15. The summed E-state index contributed by atoms with van der Waals surface area (Å²) in [5, 5.41) is 3.36. The molecule has 0 aromatic carbocycles. The average Bonchev–Trinajstić information content (AvgIpc) is 2.28. The number of nitrogens with two attached hydrogens (primary N) is 1. The average molecular weight is 237 g/mol. The Balaban J connectivity index is 2.74. The van der Waals surface area contributed by atoms with Gasteiger partial charge in [0.05, 0.1) is 0 Å². The van der Waals surface area contributed by atoms with Gasteiger partial charge in [-0.05, 0) is 25.0 Å². The van der Waals surface area contributed by atoms with Crippen molar-refractivity contribution in [3.8, 4) is 0 Å². The van der Waals surface area contributed by atoms with Crippen molar-refractivity contribution in [1.29, 1.82) is 0 Å². The van der Waals surface area contributed by atoms with Crippen molar-refractivity contribution >= 4 is 23.0 Å². The molecule has 0 saturated carbocycles. The van der Waals surface area contributed by atoms with Crippen molar-refractivity contribution in [1.82, 2.24) is 4.98 Å². The molecule has 3 N–H and O–H groups in total. The van der Waals surface area contributed by atoms with Gasteiger partial charge in [0, 0.05) is 17.8 Å². The van der Waals surface area contributed by atoms with E-state index < -0.39 is 0 Å². The Morgan fingerprint density at radius 2 is 2.25 bits per heavy atom. The van der Waals surface area contributed by atoms with Crippen LogP contribution in [0.4, 0.5) is 5.82 Å². The molecular weight excluding hydrogens is 218 g/mol. The van der Waals surface area contributed by atoms with Crippen LogP contribution in [0.1, 0.15) is 32.8 Å². The number of aromatic nitrogens is 1. The van der Waals surface area contributed by atoms with E-state index >= 15 is 0 Å². The van der Waals surface area contributed by atoms with Gasteiger partial charge in [0.1, 0.15) is 10.8 Å². The standard InChI is InChI=1S/C12H19N3S/c1-4-8(2)9(3)15-11-7-10(12(13)16)5-6-14-11/h5-9H,4H2,1-3H3,(H2,13,16)(H,14,15). The minimum atomic E-state index is 0.388. The van der Waals surface area contributed by atoms with Crippen molar-refractivity contribution in [2.45, 2.75) is 33.2 Å². The van der Waals surface area contributed by atoms with Crippen LogP contribution in [0, 0.1) is 5.92 Å². The lowest BCUT2D eigenvalue weighted by Gasteiger charge is -2.20. The number of pyridine rings is 1. The molecule has 0 radical (unpaired) electrons. The molecular formula is C12H19N3S. The minimum Gasteiger partial charge on any atom is -0.389 e. The molecule has 0 saturated heterocycles. The number of anilines is 1. The fourth-order valence-electron chi connectivity index (χ4n) is 1.39. The van der Waals surface area contributed by atoms with Gasteiger partial charge in [0.25, 0.3) is 0 Å². The van der Waals surface area contributed by atoms with Crippen LogP contribution in [0.5, 0.6) is 0 Å². The Labute approximate surface area is 102 Å². The van der Waals surface area contributed by atoms with Gasteiger partial charge in [-0.2, -0.15) is 0 Å². The Kier molecular flexibility index (Phi) is 4.68. The van der Waals surface area contributed by atoms with Crippen molar-refractivity contribution < 1.29 is 0 Å². The molecule has 0 aliphatic rings. The number of rotatable bonds is 5. The molecule has 0 bridgehead atoms. The summed E-state index contributed by atoms with van der Waals surface area (Å²) in [6.45, 7) is 6.56. The monoisotopic (exact) mass is 237 g/mol. The first-order chi connectivity index (χ1) is 7.54. The molecule has 4 heteroatoms.